The Hall–Kier alpha value is -4.17. The first-order valence-corrected chi connectivity index (χ1v) is 12.1. The maximum atomic E-state index is 15.9. The first-order valence-electron chi connectivity index (χ1n) is 11.8. The Labute approximate surface area is 217 Å². The van der Waals surface area contributed by atoms with E-state index in [9.17, 15) is 14.7 Å². The molecule has 1 atom stereocenters. The Kier molecular flexibility index (Phi) is 6.67. The third-order valence-electron chi connectivity index (χ3n) is 6.29. The molecule has 0 radical (unpaired) electrons. The number of nitrogens with one attached hydrogen (secondary N) is 1. The first-order chi connectivity index (χ1) is 17.8. The van der Waals surface area contributed by atoms with Crippen LogP contribution in [0, 0.1) is 5.82 Å². The zero-order valence-electron chi connectivity index (χ0n) is 19.8. The van der Waals surface area contributed by atoms with E-state index in [4.69, 9.17) is 16.3 Å². The largest absolute Gasteiger partial charge is 0.478 e. The number of carbonyl (C=O) groups excluding carboxylic acids is 1. The second-order valence-electron chi connectivity index (χ2n) is 8.83. The van der Waals surface area contributed by atoms with E-state index in [1.165, 1.54) is 6.20 Å². The molecule has 1 aliphatic carbocycles. The number of hydrogen-bond donors (Lipinski definition) is 2. The highest BCUT2D eigenvalue weighted by molar-refractivity contribution is 6.33. The van der Waals surface area contributed by atoms with Crippen LogP contribution in [0.3, 0.4) is 0 Å². The zero-order valence-corrected chi connectivity index (χ0v) is 20.6. The summed E-state index contributed by atoms with van der Waals surface area (Å²) in [6.07, 6.45) is 1.42. The van der Waals surface area contributed by atoms with Crippen molar-refractivity contribution in [2.24, 2.45) is 0 Å². The highest BCUT2D eigenvalue weighted by atomic mass is 35.5. The predicted octanol–water partition coefficient (Wildman–Crippen LogP) is 7.22. The molecule has 0 unspecified atom stereocenters. The van der Waals surface area contributed by atoms with Gasteiger partial charge < -0.3 is 9.84 Å². The van der Waals surface area contributed by atoms with Crippen LogP contribution in [0.2, 0.25) is 5.02 Å². The molecule has 1 fully saturated rings. The van der Waals surface area contributed by atoms with Gasteiger partial charge in [0.25, 0.3) is 0 Å². The number of rotatable bonds is 7. The molecule has 9 heteroatoms. The van der Waals surface area contributed by atoms with Gasteiger partial charge in [0.2, 0.25) is 0 Å². The lowest BCUT2D eigenvalue weighted by Crippen LogP contribution is -2.20. The van der Waals surface area contributed by atoms with Crippen molar-refractivity contribution < 1.29 is 23.8 Å². The number of nitrogens with zero attached hydrogens (tertiary/aromatic N) is 2. The Morgan fingerprint density at radius 2 is 1.78 bits per heavy atom. The zero-order chi connectivity index (χ0) is 26.1. The van der Waals surface area contributed by atoms with E-state index < -0.39 is 29.5 Å². The fourth-order valence-electron chi connectivity index (χ4n) is 4.35. The third kappa shape index (κ3) is 4.93. The predicted molar refractivity (Wildman–Crippen MR) is 138 cm³/mol. The van der Waals surface area contributed by atoms with Gasteiger partial charge in [-0.3, -0.25) is 5.32 Å². The molecule has 3 aromatic carbocycles. The van der Waals surface area contributed by atoms with Crippen molar-refractivity contribution in [3.05, 3.63) is 100 Å². The van der Waals surface area contributed by atoms with Crippen molar-refractivity contribution in [1.82, 2.24) is 9.78 Å². The maximum absolute atomic E-state index is 15.9. The van der Waals surface area contributed by atoms with Gasteiger partial charge in [0.1, 0.15) is 22.5 Å². The van der Waals surface area contributed by atoms with Crippen molar-refractivity contribution in [2.45, 2.75) is 31.8 Å². The molecule has 5 rings (SSSR count). The van der Waals surface area contributed by atoms with Gasteiger partial charge in [0.15, 0.2) is 5.82 Å². The molecule has 4 aromatic rings. The molecule has 7 nitrogen and oxygen atoms in total. The van der Waals surface area contributed by atoms with Crippen molar-refractivity contribution >= 4 is 29.5 Å². The van der Waals surface area contributed by atoms with Gasteiger partial charge in [-0.2, -0.15) is 5.10 Å². The van der Waals surface area contributed by atoms with Gasteiger partial charge in [-0.1, -0.05) is 72.3 Å². The van der Waals surface area contributed by atoms with Gasteiger partial charge in [0.05, 0.1) is 11.9 Å². The average molecular weight is 520 g/mol. The summed E-state index contributed by atoms with van der Waals surface area (Å²) < 4.78 is 22.5. The second kappa shape index (κ2) is 10.1. The number of aromatic carboxylic acids is 1. The number of aromatic nitrogens is 2. The van der Waals surface area contributed by atoms with Crippen molar-refractivity contribution in [1.29, 1.82) is 0 Å². The average Bonchev–Trinajstić information content (AvgIpc) is 3.67. The smallest absolute Gasteiger partial charge is 0.413 e. The molecule has 0 saturated heterocycles. The van der Waals surface area contributed by atoms with Gasteiger partial charge in [0, 0.05) is 0 Å². The van der Waals surface area contributed by atoms with Gasteiger partial charge in [-0.15, -0.1) is 0 Å². The monoisotopic (exact) mass is 519 g/mol. The van der Waals surface area contributed by atoms with Crippen LogP contribution in [-0.2, 0) is 4.74 Å². The van der Waals surface area contributed by atoms with Crippen LogP contribution in [0.15, 0.2) is 72.9 Å². The summed E-state index contributed by atoms with van der Waals surface area (Å²) >= 11 is 6.32. The SMILES string of the molecule is C[C@@H](OC(=O)Nc1c(Cl)cnn1-c1cc(-c2ccccc2)c(C2CC2)c(F)c1C(=O)O)c1ccccc1. The number of hydrogen-bond acceptors (Lipinski definition) is 4. The molecule has 0 aliphatic heterocycles. The normalized spacial score (nSPS) is 13.7. The standard InChI is InChI=1S/C28H23ClFN3O4/c1-16(17-8-4-2-5-9-17)37-28(36)32-26-21(29)15-31-33(26)22-14-20(18-10-6-3-7-11-18)23(19-12-13-19)25(30)24(22)27(34)35/h2-11,14-16,19H,12-13H2,1H3,(H,32,36)(H,34,35)/t16-/m1/s1. The van der Waals surface area contributed by atoms with Crippen LogP contribution in [-0.4, -0.2) is 26.9 Å². The highest BCUT2D eigenvalue weighted by Crippen LogP contribution is 2.47. The molecule has 0 bridgehead atoms. The Balaban J connectivity index is 1.57. The number of ether oxygens (including phenoxy) is 1. The number of benzene rings is 3. The molecule has 1 aromatic heterocycles. The summed E-state index contributed by atoms with van der Waals surface area (Å²) in [7, 11) is 0. The van der Waals surface area contributed by atoms with Crippen LogP contribution >= 0.6 is 11.6 Å². The molecule has 1 heterocycles. The minimum absolute atomic E-state index is 0.0352. The Bertz CT molecular complexity index is 1470. The quantitative estimate of drug-likeness (QED) is 0.269. The summed E-state index contributed by atoms with van der Waals surface area (Å²) in [5.74, 6) is -2.36. The van der Waals surface area contributed by atoms with E-state index in [0.717, 1.165) is 28.7 Å². The minimum atomic E-state index is -1.45. The highest BCUT2D eigenvalue weighted by Gasteiger charge is 2.35. The number of carboxylic acid groups (broad SMARTS) is 1. The molecule has 1 aliphatic rings. The molecular weight excluding hydrogens is 497 g/mol. The van der Waals surface area contributed by atoms with Crippen LogP contribution in [0.4, 0.5) is 15.0 Å². The van der Waals surface area contributed by atoms with E-state index in [1.54, 1.807) is 13.0 Å². The van der Waals surface area contributed by atoms with Crippen molar-refractivity contribution in [3.8, 4) is 16.8 Å². The lowest BCUT2D eigenvalue weighted by molar-refractivity contribution is 0.0691. The van der Waals surface area contributed by atoms with Crippen LogP contribution in [0.5, 0.6) is 0 Å². The number of amides is 1. The lowest BCUT2D eigenvalue weighted by atomic mass is 9.92. The minimum Gasteiger partial charge on any atom is -0.478 e. The molecule has 0 spiro atoms. The summed E-state index contributed by atoms with van der Waals surface area (Å²) in [5.41, 5.74) is 1.86. The first kappa shape index (κ1) is 24.5. The maximum Gasteiger partial charge on any atom is 0.413 e. The van der Waals surface area contributed by atoms with Crippen LogP contribution in [0.25, 0.3) is 16.8 Å². The molecule has 1 saturated carbocycles. The lowest BCUT2D eigenvalue weighted by Gasteiger charge is -2.19. The fourth-order valence-corrected chi connectivity index (χ4v) is 4.52. The molecule has 1 amide bonds. The van der Waals surface area contributed by atoms with E-state index in [-0.39, 0.29) is 22.4 Å². The third-order valence-corrected chi connectivity index (χ3v) is 6.57. The summed E-state index contributed by atoms with van der Waals surface area (Å²) in [6.45, 7) is 1.72. The molecule has 2 N–H and O–H groups in total. The van der Waals surface area contributed by atoms with Crippen molar-refractivity contribution in [2.75, 3.05) is 5.32 Å². The fraction of sp³-hybridized carbons (Fsp3) is 0.179. The number of carbonyl (C=O) groups is 2. The van der Waals surface area contributed by atoms with E-state index in [1.807, 2.05) is 60.7 Å². The molecule has 188 valence electrons. The summed E-state index contributed by atoms with van der Waals surface area (Å²) in [5, 5.41) is 16.7. The summed E-state index contributed by atoms with van der Waals surface area (Å²) in [4.78, 5) is 25.0. The van der Waals surface area contributed by atoms with Crippen molar-refractivity contribution in [3.63, 3.8) is 0 Å². The number of halogens is 2. The van der Waals surface area contributed by atoms with E-state index in [0.29, 0.717) is 11.1 Å². The van der Waals surface area contributed by atoms with E-state index in [2.05, 4.69) is 10.4 Å². The number of carboxylic acids is 1. The molecular formula is C28H23ClFN3O4. The van der Waals surface area contributed by atoms with Crippen LogP contribution in [0.1, 0.15) is 53.3 Å². The number of anilines is 1. The summed E-state index contributed by atoms with van der Waals surface area (Å²) in [6, 6.07) is 19.9. The van der Waals surface area contributed by atoms with Crippen LogP contribution < -0.4 is 5.32 Å². The molecule has 37 heavy (non-hydrogen) atoms. The van der Waals surface area contributed by atoms with E-state index >= 15 is 4.39 Å². The second-order valence-corrected chi connectivity index (χ2v) is 9.23. The van der Waals surface area contributed by atoms with Gasteiger partial charge in [-0.25, -0.2) is 18.7 Å². The Morgan fingerprint density at radius 3 is 2.41 bits per heavy atom. The topological polar surface area (TPSA) is 93.5 Å². The van der Waals surface area contributed by atoms with Gasteiger partial charge >= 0.3 is 12.1 Å². The Morgan fingerprint density at radius 1 is 1.14 bits per heavy atom. The van der Waals surface area contributed by atoms with Gasteiger partial charge in [-0.05, 0) is 54.0 Å².